The highest BCUT2D eigenvalue weighted by molar-refractivity contribution is 5.45. The van der Waals surface area contributed by atoms with Gasteiger partial charge in [-0.1, -0.05) is 12.8 Å². The normalized spacial score (nSPS) is 19.8. The summed E-state index contributed by atoms with van der Waals surface area (Å²) < 4.78 is 0. The van der Waals surface area contributed by atoms with Crippen LogP contribution < -0.4 is 15.1 Å². The number of nitrogens with zero attached hydrogens (tertiary/aromatic N) is 5. The Morgan fingerprint density at radius 3 is 2.38 bits per heavy atom. The molecule has 1 saturated heterocycles. The Balaban J connectivity index is 1.84. The molecule has 0 aromatic carbocycles. The Bertz CT molecular complexity index is 465. The van der Waals surface area contributed by atoms with E-state index in [1.54, 1.807) is 0 Å². The van der Waals surface area contributed by atoms with Crippen molar-refractivity contribution in [2.24, 2.45) is 0 Å². The number of piperidine rings is 1. The molecule has 2 aliphatic rings. The second-order valence-electron chi connectivity index (χ2n) is 6.11. The largest absolute Gasteiger partial charge is 0.357 e. The number of anilines is 3. The second-order valence-corrected chi connectivity index (χ2v) is 6.11. The molecule has 1 N–H and O–H groups in total. The fourth-order valence-electron chi connectivity index (χ4n) is 3.31. The Labute approximate surface area is 127 Å². The summed E-state index contributed by atoms with van der Waals surface area (Å²) in [6.45, 7) is 2.11. The standard InChI is InChI=1S/C15H26N6/c1-16-13-17-14(20(2)12-8-4-5-9-12)19-15(18-13)21-10-6-3-7-11-21/h12H,3-11H2,1-2H3,(H,16,17,18,19). The Morgan fingerprint density at radius 2 is 1.71 bits per heavy atom. The molecule has 0 amide bonds. The minimum Gasteiger partial charge on any atom is -0.357 e. The topological polar surface area (TPSA) is 57.2 Å². The van der Waals surface area contributed by atoms with Gasteiger partial charge in [0, 0.05) is 33.2 Å². The predicted molar refractivity (Wildman–Crippen MR) is 86.1 cm³/mol. The zero-order valence-corrected chi connectivity index (χ0v) is 13.2. The predicted octanol–water partition coefficient (Wildman–Crippen LogP) is 2.28. The molecule has 3 rings (SSSR count). The van der Waals surface area contributed by atoms with Crippen LogP contribution in [0.2, 0.25) is 0 Å². The number of hydrogen-bond donors (Lipinski definition) is 1. The van der Waals surface area contributed by atoms with Gasteiger partial charge in [-0.3, -0.25) is 0 Å². The van der Waals surface area contributed by atoms with Crippen molar-refractivity contribution in [1.29, 1.82) is 0 Å². The van der Waals surface area contributed by atoms with Gasteiger partial charge < -0.3 is 15.1 Å². The zero-order chi connectivity index (χ0) is 14.7. The van der Waals surface area contributed by atoms with E-state index in [9.17, 15) is 0 Å². The molecule has 1 aromatic heterocycles. The molecule has 2 fully saturated rings. The van der Waals surface area contributed by atoms with E-state index in [-0.39, 0.29) is 0 Å². The molecular formula is C15H26N6. The second kappa shape index (κ2) is 6.45. The Hall–Kier alpha value is -1.59. The van der Waals surface area contributed by atoms with Gasteiger partial charge in [0.25, 0.3) is 0 Å². The van der Waals surface area contributed by atoms with Crippen molar-refractivity contribution in [2.45, 2.75) is 51.0 Å². The molecule has 6 heteroatoms. The highest BCUT2D eigenvalue weighted by Gasteiger charge is 2.23. The van der Waals surface area contributed by atoms with Crippen LogP contribution in [0.5, 0.6) is 0 Å². The van der Waals surface area contributed by atoms with Gasteiger partial charge in [0.1, 0.15) is 0 Å². The molecule has 0 spiro atoms. The van der Waals surface area contributed by atoms with E-state index in [4.69, 9.17) is 4.98 Å². The lowest BCUT2D eigenvalue weighted by atomic mass is 10.1. The van der Waals surface area contributed by atoms with E-state index in [2.05, 4.69) is 32.1 Å². The van der Waals surface area contributed by atoms with Gasteiger partial charge in [-0.25, -0.2) is 0 Å². The first-order valence-electron chi connectivity index (χ1n) is 8.19. The molecule has 6 nitrogen and oxygen atoms in total. The number of hydrogen-bond acceptors (Lipinski definition) is 6. The van der Waals surface area contributed by atoms with Crippen LogP contribution in [0.25, 0.3) is 0 Å². The van der Waals surface area contributed by atoms with Crippen LogP contribution in [-0.2, 0) is 0 Å². The number of rotatable bonds is 4. The first kappa shape index (κ1) is 14.4. The summed E-state index contributed by atoms with van der Waals surface area (Å²) in [6, 6.07) is 0.575. The first-order chi connectivity index (χ1) is 10.3. The lowest BCUT2D eigenvalue weighted by molar-refractivity contribution is 0.565. The SMILES string of the molecule is CNc1nc(N2CCCCC2)nc(N(C)C2CCCC2)n1. The summed E-state index contributed by atoms with van der Waals surface area (Å²) >= 11 is 0. The molecule has 1 aliphatic carbocycles. The van der Waals surface area contributed by atoms with Gasteiger partial charge in [0.05, 0.1) is 0 Å². The third kappa shape index (κ3) is 3.19. The van der Waals surface area contributed by atoms with E-state index in [0.29, 0.717) is 12.0 Å². The maximum absolute atomic E-state index is 4.74. The minimum absolute atomic E-state index is 0.575. The van der Waals surface area contributed by atoms with Crippen LogP contribution in [0.15, 0.2) is 0 Å². The summed E-state index contributed by atoms with van der Waals surface area (Å²) in [4.78, 5) is 18.4. The highest BCUT2D eigenvalue weighted by atomic mass is 15.4. The average molecular weight is 290 g/mol. The van der Waals surface area contributed by atoms with Crippen LogP contribution >= 0.6 is 0 Å². The maximum Gasteiger partial charge on any atom is 0.231 e. The fourth-order valence-corrected chi connectivity index (χ4v) is 3.31. The smallest absolute Gasteiger partial charge is 0.231 e. The molecule has 0 bridgehead atoms. The molecule has 1 saturated carbocycles. The van der Waals surface area contributed by atoms with E-state index in [0.717, 1.165) is 25.0 Å². The van der Waals surface area contributed by atoms with Crippen molar-refractivity contribution in [3.8, 4) is 0 Å². The first-order valence-corrected chi connectivity index (χ1v) is 8.19. The van der Waals surface area contributed by atoms with Crippen molar-refractivity contribution in [3.63, 3.8) is 0 Å². The lowest BCUT2D eigenvalue weighted by Crippen LogP contribution is -2.34. The maximum atomic E-state index is 4.74. The van der Waals surface area contributed by atoms with E-state index >= 15 is 0 Å². The van der Waals surface area contributed by atoms with Crippen molar-refractivity contribution < 1.29 is 0 Å². The van der Waals surface area contributed by atoms with E-state index in [1.165, 1.54) is 44.9 Å². The van der Waals surface area contributed by atoms with Crippen LogP contribution in [0, 0.1) is 0 Å². The van der Waals surface area contributed by atoms with Crippen LogP contribution in [0.4, 0.5) is 17.8 Å². The van der Waals surface area contributed by atoms with E-state index in [1.807, 2.05) is 7.05 Å². The summed E-state index contributed by atoms with van der Waals surface area (Å²) in [6.07, 6.45) is 8.90. The molecular weight excluding hydrogens is 264 g/mol. The molecule has 0 radical (unpaired) electrons. The molecule has 116 valence electrons. The monoisotopic (exact) mass is 290 g/mol. The van der Waals surface area contributed by atoms with Crippen LogP contribution in [0.1, 0.15) is 44.9 Å². The van der Waals surface area contributed by atoms with Gasteiger partial charge in [-0.15, -0.1) is 0 Å². The van der Waals surface area contributed by atoms with Crippen molar-refractivity contribution >= 4 is 17.8 Å². The van der Waals surface area contributed by atoms with Gasteiger partial charge in [0.2, 0.25) is 17.8 Å². The van der Waals surface area contributed by atoms with Gasteiger partial charge >= 0.3 is 0 Å². The van der Waals surface area contributed by atoms with Crippen molar-refractivity contribution in [3.05, 3.63) is 0 Å². The number of aromatic nitrogens is 3. The summed E-state index contributed by atoms with van der Waals surface area (Å²) in [7, 11) is 3.99. The van der Waals surface area contributed by atoms with Crippen LogP contribution in [0.3, 0.4) is 0 Å². The van der Waals surface area contributed by atoms with Gasteiger partial charge in [-0.2, -0.15) is 15.0 Å². The van der Waals surface area contributed by atoms with Gasteiger partial charge in [0.15, 0.2) is 0 Å². The number of nitrogens with one attached hydrogen (secondary N) is 1. The summed E-state index contributed by atoms with van der Waals surface area (Å²) in [5.74, 6) is 2.31. The van der Waals surface area contributed by atoms with Crippen molar-refractivity contribution in [2.75, 3.05) is 42.3 Å². The molecule has 0 unspecified atom stereocenters. The fraction of sp³-hybridized carbons (Fsp3) is 0.800. The molecule has 1 aliphatic heterocycles. The van der Waals surface area contributed by atoms with E-state index < -0.39 is 0 Å². The van der Waals surface area contributed by atoms with Crippen molar-refractivity contribution in [1.82, 2.24) is 15.0 Å². The lowest BCUT2D eigenvalue weighted by Gasteiger charge is -2.29. The Kier molecular flexibility index (Phi) is 4.41. The molecule has 2 heterocycles. The molecule has 0 atom stereocenters. The Morgan fingerprint density at radius 1 is 1.00 bits per heavy atom. The third-order valence-corrected chi connectivity index (χ3v) is 4.66. The minimum atomic E-state index is 0.575. The molecule has 21 heavy (non-hydrogen) atoms. The zero-order valence-electron chi connectivity index (χ0n) is 13.2. The average Bonchev–Trinajstić information content (AvgIpc) is 3.09. The van der Waals surface area contributed by atoms with Gasteiger partial charge in [-0.05, 0) is 32.1 Å². The highest BCUT2D eigenvalue weighted by Crippen LogP contribution is 2.26. The third-order valence-electron chi connectivity index (χ3n) is 4.66. The quantitative estimate of drug-likeness (QED) is 0.918. The summed E-state index contributed by atoms with van der Waals surface area (Å²) in [5.41, 5.74) is 0. The molecule has 1 aromatic rings. The summed E-state index contributed by atoms with van der Waals surface area (Å²) in [5, 5.41) is 3.08. The van der Waals surface area contributed by atoms with Crippen LogP contribution in [-0.4, -0.2) is 48.2 Å².